The lowest BCUT2D eigenvalue weighted by Gasteiger charge is -2.10. The Morgan fingerprint density at radius 3 is 2.72 bits per heavy atom. The summed E-state index contributed by atoms with van der Waals surface area (Å²) in [5.41, 5.74) is 7.71. The Hall–Kier alpha value is -2.10. The van der Waals surface area contributed by atoms with E-state index in [4.69, 9.17) is 10.5 Å². The monoisotopic (exact) mass is 243 g/mol. The van der Waals surface area contributed by atoms with E-state index in [9.17, 15) is 0 Å². The number of rotatable bonds is 3. The second-order valence-corrected chi connectivity index (χ2v) is 4.52. The summed E-state index contributed by atoms with van der Waals surface area (Å²) in [7, 11) is 0. The van der Waals surface area contributed by atoms with Crippen LogP contribution in [0.25, 0.3) is 0 Å². The summed E-state index contributed by atoms with van der Waals surface area (Å²) in [6.45, 7) is 6.14. The number of nitrogens with two attached hydrogens (primary N) is 1. The quantitative estimate of drug-likeness (QED) is 0.898. The highest BCUT2D eigenvalue weighted by Crippen LogP contribution is 2.27. The van der Waals surface area contributed by atoms with Gasteiger partial charge < -0.3 is 10.5 Å². The van der Waals surface area contributed by atoms with Gasteiger partial charge >= 0.3 is 0 Å². The fourth-order valence-corrected chi connectivity index (χ4v) is 1.60. The van der Waals surface area contributed by atoms with Crippen LogP contribution in [0.15, 0.2) is 30.6 Å². The molecule has 0 spiro atoms. The van der Waals surface area contributed by atoms with Crippen molar-refractivity contribution in [1.82, 2.24) is 9.97 Å². The number of aromatic nitrogens is 2. The Morgan fingerprint density at radius 1 is 1.22 bits per heavy atom. The van der Waals surface area contributed by atoms with Gasteiger partial charge in [-0.05, 0) is 30.5 Å². The standard InChI is InChI=1S/C14H17N3O/c1-9(2)11-5-4-6-12(7-11)18-14-10(3)13(15)16-8-17-14/h4-9H,1-3H3,(H2,15,16,17). The van der Waals surface area contributed by atoms with Crippen LogP contribution < -0.4 is 10.5 Å². The number of anilines is 1. The van der Waals surface area contributed by atoms with Crippen molar-refractivity contribution in [2.45, 2.75) is 26.7 Å². The lowest BCUT2D eigenvalue weighted by Crippen LogP contribution is -1.99. The van der Waals surface area contributed by atoms with Gasteiger partial charge in [0, 0.05) is 0 Å². The highest BCUT2D eigenvalue weighted by atomic mass is 16.5. The Balaban J connectivity index is 2.28. The van der Waals surface area contributed by atoms with Crippen LogP contribution in [0.4, 0.5) is 5.82 Å². The molecule has 0 saturated heterocycles. The summed E-state index contributed by atoms with van der Waals surface area (Å²) >= 11 is 0. The van der Waals surface area contributed by atoms with Crippen molar-refractivity contribution >= 4 is 5.82 Å². The molecule has 1 aromatic carbocycles. The van der Waals surface area contributed by atoms with Crippen molar-refractivity contribution in [3.8, 4) is 11.6 Å². The smallest absolute Gasteiger partial charge is 0.227 e. The molecule has 4 nitrogen and oxygen atoms in total. The number of nitrogens with zero attached hydrogens (tertiary/aromatic N) is 2. The highest BCUT2D eigenvalue weighted by molar-refractivity contribution is 5.45. The van der Waals surface area contributed by atoms with Crippen LogP contribution in [-0.2, 0) is 0 Å². The molecular formula is C14H17N3O. The molecule has 0 amide bonds. The number of hydrogen-bond acceptors (Lipinski definition) is 4. The first-order valence-electron chi connectivity index (χ1n) is 5.93. The van der Waals surface area contributed by atoms with Gasteiger partial charge in [0.15, 0.2) is 0 Å². The minimum Gasteiger partial charge on any atom is -0.439 e. The summed E-state index contributed by atoms with van der Waals surface area (Å²) in [6, 6.07) is 7.98. The predicted molar refractivity (Wildman–Crippen MR) is 71.8 cm³/mol. The molecule has 2 rings (SSSR count). The van der Waals surface area contributed by atoms with Crippen LogP contribution in [0.3, 0.4) is 0 Å². The average Bonchev–Trinajstić information content (AvgIpc) is 2.35. The van der Waals surface area contributed by atoms with Crippen LogP contribution in [0.5, 0.6) is 11.6 Å². The molecule has 2 N–H and O–H groups in total. The minimum absolute atomic E-state index is 0.444. The maximum absolute atomic E-state index is 5.75. The van der Waals surface area contributed by atoms with Crippen molar-refractivity contribution in [3.63, 3.8) is 0 Å². The van der Waals surface area contributed by atoms with E-state index in [0.717, 1.165) is 11.3 Å². The lowest BCUT2D eigenvalue weighted by atomic mass is 10.0. The summed E-state index contributed by atoms with van der Waals surface area (Å²) < 4.78 is 5.75. The molecule has 94 valence electrons. The Labute approximate surface area is 107 Å². The predicted octanol–water partition coefficient (Wildman–Crippen LogP) is 3.28. The zero-order valence-corrected chi connectivity index (χ0v) is 10.8. The van der Waals surface area contributed by atoms with E-state index < -0.39 is 0 Å². The van der Waals surface area contributed by atoms with Crippen molar-refractivity contribution in [2.24, 2.45) is 0 Å². The average molecular weight is 243 g/mol. The zero-order valence-electron chi connectivity index (χ0n) is 10.8. The van der Waals surface area contributed by atoms with Gasteiger partial charge in [-0.25, -0.2) is 9.97 Å². The third-order valence-corrected chi connectivity index (χ3v) is 2.82. The Morgan fingerprint density at radius 2 is 2.00 bits per heavy atom. The van der Waals surface area contributed by atoms with Gasteiger partial charge in [-0.15, -0.1) is 0 Å². The molecule has 2 aromatic rings. The molecule has 0 aliphatic carbocycles. The topological polar surface area (TPSA) is 61.0 Å². The molecule has 0 saturated carbocycles. The van der Waals surface area contributed by atoms with Gasteiger partial charge in [-0.3, -0.25) is 0 Å². The van der Waals surface area contributed by atoms with Crippen molar-refractivity contribution in [2.75, 3.05) is 5.73 Å². The molecule has 0 aliphatic heterocycles. The summed E-state index contributed by atoms with van der Waals surface area (Å²) in [5, 5.41) is 0. The van der Waals surface area contributed by atoms with Gasteiger partial charge in [0.05, 0.1) is 5.56 Å². The second-order valence-electron chi connectivity index (χ2n) is 4.52. The molecule has 0 bridgehead atoms. The Kier molecular flexibility index (Phi) is 3.46. The van der Waals surface area contributed by atoms with Gasteiger partial charge in [-0.2, -0.15) is 0 Å². The van der Waals surface area contributed by atoms with E-state index in [-0.39, 0.29) is 0 Å². The molecular weight excluding hydrogens is 226 g/mol. The lowest BCUT2D eigenvalue weighted by molar-refractivity contribution is 0.457. The zero-order chi connectivity index (χ0) is 13.1. The molecule has 1 aromatic heterocycles. The van der Waals surface area contributed by atoms with Gasteiger partial charge in [-0.1, -0.05) is 26.0 Å². The molecule has 0 radical (unpaired) electrons. The maximum Gasteiger partial charge on any atom is 0.227 e. The van der Waals surface area contributed by atoms with Crippen LogP contribution in [0.2, 0.25) is 0 Å². The third-order valence-electron chi connectivity index (χ3n) is 2.82. The maximum atomic E-state index is 5.75. The number of benzene rings is 1. The van der Waals surface area contributed by atoms with Gasteiger partial charge in [0.2, 0.25) is 5.88 Å². The first-order chi connectivity index (χ1) is 8.58. The van der Waals surface area contributed by atoms with Crippen LogP contribution in [-0.4, -0.2) is 9.97 Å². The van der Waals surface area contributed by atoms with Crippen LogP contribution >= 0.6 is 0 Å². The van der Waals surface area contributed by atoms with E-state index in [2.05, 4.69) is 29.9 Å². The third kappa shape index (κ3) is 2.59. The van der Waals surface area contributed by atoms with Crippen LogP contribution in [0.1, 0.15) is 30.9 Å². The van der Waals surface area contributed by atoms with Crippen molar-refractivity contribution < 1.29 is 4.74 Å². The summed E-state index contributed by atoms with van der Waals surface area (Å²) in [6.07, 6.45) is 1.41. The molecule has 4 heteroatoms. The molecule has 1 heterocycles. The molecule has 0 atom stereocenters. The van der Waals surface area contributed by atoms with Gasteiger partial charge in [0.1, 0.15) is 17.9 Å². The van der Waals surface area contributed by atoms with Crippen molar-refractivity contribution in [3.05, 3.63) is 41.7 Å². The van der Waals surface area contributed by atoms with E-state index >= 15 is 0 Å². The highest BCUT2D eigenvalue weighted by Gasteiger charge is 2.07. The van der Waals surface area contributed by atoms with E-state index in [1.165, 1.54) is 11.9 Å². The molecule has 0 fully saturated rings. The second kappa shape index (κ2) is 5.04. The molecule has 0 unspecified atom stereocenters. The van der Waals surface area contributed by atoms with Crippen molar-refractivity contribution in [1.29, 1.82) is 0 Å². The molecule has 0 aliphatic rings. The van der Waals surface area contributed by atoms with Crippen LogP contribution in [0, 0.1) is 6.92 Å². The number of hydrogen-bond donors (Lipinski definition) is 1. The van der Waals surface area contributed by atoms with E-state index in [1.807, 2.05) is 25.1 Å². The number of nitrogen functional groups attached to an aromatic ring is 1. The number of ether oxygens (including phenoxy) is 1. The largest absolute Gasteiger partial charge is 0.439 e. The Bertz CT molecular complexity index is 552. The first kappa shape index (κ1) is 12.4. The normalized spacial score (nSPS) is 10.7. The first-order valence-corrected chi connectivity index (χ1v) is 5.93. The van der Waals surface area contributed by atoms with E-state index in [0.29, 0.717) is 17.6 Å². The minimum atomic E-state index is 0.444. The summed E-state index contributed by atoms with van der Waals surface area (Å²) in [5.74, 6) is 2.18. The summed E-state index contributed by atoms with van der Waals surface area (Å²) in [4.78, 5) is 8.01. The molecule has 18 heavy (non-hydrogen) atoms. The fourth-order valence-electron chi connectivity index (χ4n) is 1.60. The van der Waals surface area contributed by atoms with Gasteiger partial charge in [0.25, 0.3) is 0 Å². The van der Waals surface area contributed by atoms with E-state index in [1.54, 1.807) is 0 Å². The fraction of sp³-hybridized carbons (Fsp3) is 0.286. The SMILES string of the molecule is Cc1c(N)ncnc1Oc1cccc(C(C)C)c1.